The monoisotopic (exact) mass is 262 g/mol. The zero-order chi connectivity index (χ0) is 13.5. The first-order valence-corrected chi connectivity index (χ1v) is 7.30. The molecule has 0 amide bonds. The van der Waals surface area contributed by atoms with Crippen LogP contribution in [0.4, 0.5) is 8.78 Å². The van der Waals surface area contributed by atoms with Crippen LogP contribution in [0.25, 0.3) is 0 Å². The van der Waals surface area contributed by atoms with Crippen molar-refractivity contribution in [2.45, 2.75) is 64.5 Å². The zero-order valence-corrected chi connectivity index (χ0v) is 12.0. The van der Waals surface area contributed by atoms with Crippen molar-refractivity contribution in [2.75, 3.05) is 20.1 Å². The maximum Gasteiger partial charge on any atom is 0.251 e. The Kier molecular flexibility index (Phi) is 7.08. The van der Waals surface area contributed by atoms with Gasteiger partial charge in [-0.1, -0.05) is 20.3 Å². The molecule has 0 aliphatic heterocycles. The van der Waals surface area contributed by atoms with Crippen LogP contribution in [-0.4, -0.2) is 43.5 Å². The Morgan fingerprint density at radius 3 is 2.56 bits per heavy atom. The highest BCUT2D eigenvalue weighted by Gasteiger charge is 2.32. The summed E-state index contributed by atoms with van der Waals surface area (Å²) >= 11 is 0. The van der Waals surface area contributed by atoms with Crippen molar-refractivity contribution in [3.63, 3.8) is 0 Å². The van der Waals surface area contributed by atoms with E-state index in [9.17, 15) is 8.78 Å². The molecular formula is C14H28F2N2. The molecule has 4 heteroatoms. The zero-order valence-electron chi connectivity index (χ0n) is 12.0. The molecule has 1 N–H and O–H groups in total. The molecule has 1 aliphatic rings. The topological polar surface area (TPSA) is 15.3 Å². The SMILES string of the molecule is CCCNC1CCC(CC)CC1N(C)CC(F)F. The van der Waals surface area contributed by atoms with Gasteiger partial charge in [0.1, 0.15) is 0 Å². The summed E-state index contributed by atoms with van der Waals surface area (Å²) in [6.07, 6.45) is 3.44. The highest BCUT2D eigenvalue weighted by atomic mass is 19.3. The molecule has 1 fully saturated rings. The first-order chi connectivity index (χ1) is 8.58. The van der Waals surface area contributed by atoms with E-state index in [1.165, 1.54) is 12.8 Å². The molecule has 0 bridgehead atoms. The Balaban J connectivity index is 2.57. The average Bonchev–Trinajstić information content (AvgIpc) is 2.35. The first kappa shape index (κ1) is 15.8. The second-order valence-electron chi connectivity index (χ2n) is 5.55. The number of rotatable bonds is 7. The molecule has 0 aromatic heterocycles. The number of hydrogen-bond acceptors (Lipinski definition) is 2. The van der Waals surface area contributed by atoms with E-state index in [2.05, 4.69) is 19.2 Å². The summed E-state index contributed by atoms with van der Waals surface area (Å²) in [7, 11) is 1.84. The van der Waals surface area contributed by atoms with Crippen molar-refractivity contribution in [1.29, 1.82) is 0 Å². The molecule has 1 aliphatic carbocycles. The van der Waals surface area contributed by atoms with Gasteiger partial charge in [-0.25, -0.2) is 8.78 Å². The highest BCUT2D eigenvalue weighted by Crippen LogP contribution is 2.30. The third kappa shape index (κ3) is 4.81. The van der Waals surface area contributed by atoms with Crippen molar-refractivity contribution < 1.29 is 8.78 Å². The fraction of sp³-hybridized carbons (Fsp3) is 1.00. The molecule has 3 unspecified atom stereocenters. The van der Waals surface area contributed by atoms with Gasteiger partial charge in [0.05, 0.1) is 6.54 Å². The smallest absolute Gasteiger partial charge is 0.251 e. The molecule has 0 radical (unpaired) electrons. The number of nitrogens with one attached hydrogen (secondary N) is 1. The summed E-state index contributed by atoms with van der Waals surface area (Å²) in [6, 6.07) is 0.653. The molecule has 0 spiro atoms. The van der Waals surface area contributed by atoms with Gasteiger partial charge >= 0.3 is 0 Å². The van der Waals surface area contributed by atoms with Gasteiger partial charge in [0.15, 0.2) is 0 Å². The van der Waals surface area contributed by atoms with E-state index in [1.54, 1.807) is 0 Å². The first-order valence-electron chi connectivity index (χ1n) is 7.30. The van der Waals surface area contributed by atoms with E-state index in [0.717, 1.165) is 25.8 Å². The van der Waals surface area contributed by atoms with Crippen molar-refractivity contribution in [3.8, 4) is 0 Å². The molecule has 0 aromatic carbocycles. The summed E-state index contributed by atoms with van der Waals surface area (Å²) in [4.78, 5) is 1.86. The van der Waals surface area contributed by atoms with Gasteiger partial charge in [0, 0.05) is 12.1 Å². The van der Waals surface area contributed by atoms with Crippen LogP contribution in [-0.2, 0) is 0 Å². The van der Waals surface area contributed by atoms with Crippen LogP contribution in [0.5, 0.6) is 0 Å². The van der Waals surface area contributed by atoms with Gasteiger partial charge in [-0.2, -0.15) is 0 Å². The van der Waals surface area contributed by atoms with Crippen LogP contribution in [0, 0.1) is 5.92 Å². The van der Waals surface area contributed by atoms with E-state index in [1.807, 2.05) is 11.9 Å². The van der Waals surface area contributed by atoms with E-state index in [0.29, 0.717) is 12.0 Å². The number of hydrogen-bond donors (Lipinski definition) is 1. The van der Waals surface area contributed by atoms with E-state index in [-0.39, 0.29) is 12.6 Å². The lowest BCUT2D eigenvalue weighted by atomic mass is 9.80. The maximum absolute atomic E-state index is 12.5. The fourth-order valence-electron chi connectivity index (χ4n) is 3.01. The lowest BCUT2D eigenvalue weighted by Gasteiger charge is -2.41. The quantitative estimate of drug-likeness (QED) is 0.758. The molecule has 18 heavy (non-hydrogen) atoms. The summed E-state index contributed by atoms with van der Waals surface area (Å²) in [5.74, 6) is 0.704. The molecule has 0 aromatic rings. The molecule has 0 heterocycles. The predicted molar refractivity (Wildman–Crippen MR) is 72.1 cm³/mol. The standard InChI is InChI=1S/C14H28F2N2/c1-4-8-17-12-7-6-11(5-2)9-13(12)18(3)10-14(15)16/h11-14,17H,4-10H2,1-3H3. The number of alkyl halides is 2. The minimum absolute atomic E-state index is 0.106. The van der Waals surface area contributed by atoms with Gasteiger partial charge in [-0.3, -0.25) is 4.90 Å². The van der Waals surface area contributed by atoms with Crippen LogP contribution < -0.4 is 5.32 Å². The van der Waals surface area contributed by atoms with Gasteiger partial charge in [-0.05, 0) is 45.2 Å². The summed E-state index contributed by atoms with van der Waals surface area (Å²) in [5.41, 5.74) is 0. The summed E-state index contributed by atoms with van der Waals surface area (Å²) in [6.45, 7) is 5.23. The lowest BCUT2D eigenvalue weighted by Crippen LogP contribution is -2.53. The van der Waals surface area contributed by atoms with E-state index < -0.39 is 6.43 Å². The van der Waals surface area contributed by atoms with Crippen LogP contribution in [0.1, 0.15) is 46.0 Å². The lowest BCUT2D eigenvalue weighted by molar-refractivity contribution is 0.0485. The van der Waals surface area contributed by atoms with Gasteiger partial charge in [-0.15, -0.1) is 0 Å². The normalized spacial score (nSPS) is 29.2. The van der Waals surface area contributed by atoms with Crippen LogP contribution >= 0.6 is 0 Å². The van der Waals surface area contributed by atoms with Gasteiger partial charge in [0.25, 0.3) is 6.43 Å². The third-order valence-corrected chi connectivity index (χ3v) is 4.15. The Labute approximate surface area is 110 Å². The highest BCUT2D eigenvalue weighted by molar-refractivity contribution is 4.90. The predicted octanol–water partition coefficient (Wildman–Crippen LogP) is 3.13. The average molecular weight is 262 g/mol. The number of nitrogens with zero attached hydrogens (tertiary/aromatic N) is 1. The van der Waals surface area contributed by atoms with Crippen LogP contribution in [0.15, 0.2) is 0 Å². The van der Waals surface area contributed by atoms with Gasteiger partial charge in [0.2, 0.25) is 0 Å². The fourth-order valence-corrected chi connectivity index (χ4v) is 3.01. The van der Waals surface area contributed by atoms with Crippen molar-refractivity contribution in [2.24, 2.45) is 5.92 Å². The third-order valence-electron chi connectivity index (χ3n) is 4.15. The number of likely N-dealkylation sites (N-methyl/N-ethyl adjacent to an activating group) is 1. The Bertz CT molecular complexity index is 224. The molecule has 3 atom stereocenters. The summed E-state index contributed by atoms with van der Waals surface area (Å²) in [5, 5.41) is 3.53. The minimum Gasteiger partial charge on any atom is -0.312 e. The van der Waals surface area contributed by atoms with Crippen molar-refractivity contribution in [3.05, 3.63) is 0 Å². The van der Waals surface area contributed by atoms with E-state index in [4.69, 9.17) is 0 Å². The van der Waals surface area contributed by atoms with Crippen molar-refractivity contribution in [1.82, 2.24) is 10.2 Å². The van der Waals surface area contributed by atoms with Crippen LogP contribution in [0.2, 0.25) is 0 Å². The molecule has 0 saturated heterocycles. The molecule has 2 nitrogen and oxygen atoms in total. The Morgan fingerprint density at radius 1 is 1.28 bits per heavy atom. The van der Waals surface area contributed by atoms with E-state index >= 15 is 0 Å². The maximum atomic E-state index is 12.5. The Morgan fingerprint density at radius 2 is 2.00 bits per heavy atom. The largest absolute Gasteiger partial charge is 0.312 e. The summed E-state index contributed by atoms with van der Waals surface area (Å²) < 4.78 is 25.1. The number of halogens is 2. The molecule has 1 rings (SSSR count). The second kappa shape index (κ2) is 8.05. The second-order valence-corrected chi connectivity index (χ2v) is 5.55. The molecular weight excluding hydrogens is 234 g/mol. The molecule has 1 saturated carbocycles. The van der Waals surface area contributed by atoms with Crippen molar-refractivity contribution >= 4 is 0 Å². The van der Waals surface area contributed by atoms with Crippen LogP contribution in [0.3, 0.4) is 0 Å². The Hall–Kier alpha value is -0.220. The minimum atomic E-state index is -2.23. The van der Waals surface area contributed by atoms with Gasteiger partial charge < -0.3 is 5.32 Å². The molecule has 108 valence electrons.